The first-order chi connectivity index (χ1) is 11.9. The molecule has 0 fully saturated rings. The lowest BCUT2D eigenvalue weighted by Gasteiger charge is -2.18. The van der Waals surface area contributed by atoms with Crippen molar-refractivity contribution in [2.75, 3.05) is 20.6 Å². The van der Waals surface area contributed by atoms with Gasteiger partial charge in [0.05, 0.1) is 0 Å². The van der Waals surface area contributed by atoms with Gasteiger partial charge in [-0.2, -0.15) is 5.10 Å². The number of carbonyl (C=O) groups is 1. The van der Waals surface area contributed by atoms with E-state index < -0.39 is 0 Å². The maximum absolute atomic E-state index is 12.5. The maximum atomic E-state index is 12.5. The van der Waals surface area contributed by atoms with Crippen molar-refractivity contribution < 1.29 is 4.79 Å². The Morgan fingerprint density at radius 2 is 1.96 bits per heavy atom. The minimum absolute atomic E-state index is 0.0134. The molecule has 1 amide bonds. The van der Waals surface area contributed by atoms with Gasteiger partial charge < -0.3 is 10.2 Å². The topological polar surface area (TPSA) is 72.2 Å². The standard InChI is InChI=1S/C18H27N5O2/c1-14(12-21(3)4)19-17(24)13-23-18(25)22(15(2)20-23)11-10-16-8-6-5-7-9-16/h5-9,14H,10-13H2,1-4H3,(H,19,24)/t14-/m1/s1. The summed E-state index contributed by atoms with van der Waals surface area (Å²) in [6.07, 6.45) is 0.749. The lowest BCUT2D eigenvalue weighted by molar-refractivity contribution is -0.122. The van der Waals surface area contributed by atoms with Gasteiger partial charge in [0.2, 0.25) is 5.91 Å². The van der Waals surface area contributed by atoms with Crippen LogP contribution in [0.2, 0.25) is 0 Å². The van der Waals surface area contributed by atoms with E-state index in [1.165, 1.54) is 4.68 Å². The zero-order valence-electron chi connectivity index (χ0n) is 15.4. The third kappa shape index (κ3) is 5.56. The Balaban J connectivity index is 1.99. The van der Waals surface area contributed by atoms with Crippen molar-refractivity contribution in [2.45, 2.75) is 39.4 Å². The molecule has 7 nitrogen and oxygen atoms in total. The predicted molar refractivity (Wildman–Crippen MR) is 97.5 cm³/mol. The molecule has 0 saturated heterocycles. The predicted octanol–water partition coefficient (Wildman–Crippen LogP) is 0.662. The van der Waals surface area contributed by atoms with E-state index in [-0.39, 0.29) is 24.2 Å². The number of amides is 1. The fraction of sp³-hybridized carbons (Fsp3) is 0.500. The van der Waals surface area contributed by atoms with E-state index >= 15 is 0 Å². The van der Waals surface area contributed by atoms with Crippen LogP contribution in [0.15, 0.2) is 35.1 Å². The average Bonchev–Trinajstić information content (AvgIpc) is 2.79. The molecular weight excluding hydrogens is 318 g/mol. The lowest BCUT2D eigenvalue weighted by atomic mass is 10.1. The molecule has 0 unspecified atom stereocenters. The Morgan fingerprint density at radius 1 is 1.28 bits per heavy atom. The molecule has 1 aromatic carbocycles. The molecule has 0 radical (unpaired) electrons. The summed E-state index contributed by atoms with van der Waals surface area (Å²) in [5.41, 5.74) is 0.917. The number of nitrogens with one attached hydrogen (secondary N) is 1. The van der Waals surface area contributed by atoms with Gasteiger partial charge in [-0.3, -0.25) is 9.36 Å². The summed E-state index contributed by atoms with van der Waals surface area (Å²) in [6, 6.07) is 10.0. The highest BCUT2D eigenvalue weighted by Crippen LogP contribution is 2.02. The molecule has 0 aliphatic carbocycles. The van der Waals surface area contributed by atoms with Crippen molar-refractivity contribution in [3.05, 3.63) is 52.2 Å². The van der Waals surface area contributed by atoms with Crippen molar-refractivity contribution in [3.8, 4) is 0 Å². The minimum Gasteiger partial charge on any atom is -0.351 e. The summed E-state index contributed by atoms with van der Waals surface area (Å²) in [6.45, 7) is 4.95. The number of benzene rings is 1. The Bertz CT molecular complexity index is 749. The third-order valence-electron chi connectivity index (χ3n) is 3.91. The molecule has 2 rings (SSSR count). The molecule has 25 heavy (non-hydrogen) atoms. The van der Waals surface area contributed by atoms with Gasteiger partial charge in [0.25, 0.3) is 0 Å². The molecule has 0 bridgehead atoms. The molecule has 1 atom stereocenters. The van der Waals surface area contributed by atoms with E-state index in [1.54, 1.807) is 11.5 Å². The largest absolute Gasteiger partial charge is 0.351 e. The Morgan fingerprint density at radius 3 is 2.60 bits per heavy atom. The monoisotopic (exact) mass is 345 g/mol. The van der Waals surface area contributed by atoms with Gasteiger partial charge in [-0.1, -0.05) is 30.3 Å². The summed E-state index contributed by atoms with van der Waals surface area (Å²) < 4.78 is 2.85. The van der Waals surface area contributed by atoms with Crippen molar-refractivity contribution in [1.29, 1.82) is 0 Å². The van der Waals surface area contributed by atoms with Crippen LogP contribution in [0.5, 0.6) is 0 Å². The summed E-state index contributed by atoms with van der Waals surface area (Å²) >= 11 is 0. The normalized spacial score (nSPS) is 12.4. The van der Waals surface area contributed by atoms with Gasteiger partial charge in [0.1, 0.15) is 12.4 Å². The fourth-order valence-corrected chi connectivity index (χ4v) is 2.85. The number of carbonyl (C=O) groups excluding carboxylic acids is 1. The van der Waals surface area contributed by atoms with E-state index in [4.69, 9.17) is 0 Å². The highest BCUT2D eigenvalue weighted by atomic mass is 16.2. The van der Waals surface area contributed by atoms with Crippen LogP contribution in [0.3, 0.4) is 0 Å². The molecule has 0 aliphatic heterocycles. The van der Waals surface area contributed by atoms with Crippen molar-refractivity contribution in [3.63, 3.8) is 0 Å². The van der Waals surface area contributed by atoms with Crippen LogP contribution < -0.4 is 11.0 Å². The van der Waals surface area contributed by atoms with Crippen LogP contribution in [-0.2, 0) is 24.3 Å². The number of aryl methyl sites for hydroxylation is 2. The third-order valence-corrected chi connectivity index (χ3v) is 3.91. The van der Waals surface area contributed by atoms with Gasteiger partial charge in [-0.25, -0.2) is 9.48 Å². The molecule has 1 N–H and O–H groups in total. The number of hydrogen-bond acceptors (Lipinski definition) is 4. The first kappa shape index (κ1) is 18.9. The Kier molecular flexibility index (Phi) is 6.52. The molecule has 0 aliphatic rings. The van der Waals surface area contributed by atoms with Gasteiger partial charge in [0.15, 0.2) is 0 Å². The van der Waals surface area contributed by atoms with E-state index in [2.05, 4.69) is 10.4 Å². The fourth-order valence-electron chi connectivity index (χ4n) is 2.85. The average molecular weight is 345 g/mol. The molecule has 0 spiro atoms. The first-order valence-electron chi connectivity index (χ1n) is 8.49. The number of hydrogen-bond donors (Lipinski definition) is 1. The van der Waals surface area contributed by atoms with Gasteiger partial charge in [-0.15, -0.1) is 0 Å². The number of likely N-dealkylation sites (N-methyl/N-ethyl adjacent to an activating group) is 1. The molecule has 0 saturated carbocycles. The molecule has 136 valence electrons. The second kappa shape index (κ2) is 8.62. The molecule has 1 aromatic heterocycles. The van der Waals surface area contributed by atoms with Crippen LogP contribution in [0, 0.1) is 6.92 Å². The second-order valence-corrected chi connectivity index (χ2v) is 6.61. The van der Waals surface area contributed by atoms with Crippen LogP contribution in [0.4, 0.5) is 0 Å². The number of rotatable bonds is 8. The first-order valence-corrected chi connectivity index (χ1v) is 8.49. The van der Waals surface area contributed by atoms with Crippen LogP contribution in [0.25, 0.3) is 0 Å². The van der Waals surface area contributed by atoms with Crippen molar-refractivity contribution >= 4 is 5.91 Å². The quantitative estimate of drug-likeness (QED) is 0.763. The molecule has 1 heterocycles. The highest BCUT2D eigenvalue weighted by molar-refractivity contribution is 5.75. The minimum atomic E-state index is -0.246. The smallest absolute Gasteiger partial charge is 0.346 e. The van der Waals surface area contributed by atoms with Gasteiger partial charge >= 0.3 is 5.69 Å². The summed E-state index contributed by atoms with van der Waals surface area (Å²) in [5.74, 6) is 0.416. The van der Waals surface area contributed by atoms with Crippen LogP contribution >= 0.6 is 0 Å². The number of nitrogens with zero attached hydrogens (tertiary/aromatic N) is 4. The maximum Gasteiger partial charge on any atom is 0.346 e. The van der Waals surface area contributed by atoms with Gasteiger partial charge in [0, 0.05) is 19.1 Å². The van der Waals surface area contributed by atoms with E-state index in [0.717, 1.165) is 18.5 Å². The van der Waals surface area contributed by atoms with E-state index in [0.29, 0.717) is 12.4 Å². The zero-order valence-corrected chi connectivity index (χ0v) is 15.4. The van der Waals surface area contributed by atoms with Crippen molar-refractivity contribution in [1.82, 2.24) is 24.6 Å². The van der Waals surface area contributed by atoms with Crippen LogP contribution in [-0.4, -0.2) is 51.8 Å². The van der Waals surface area contributed by atoms with Crippen LogP contribution in [0.1, 0.15) is 18.3 Å². The molecule has 2 aromatic rings. The Labute approximate surface area is 148 Å². The summed E-state index contributed by atoms with van der Waals surface area (Å²) in [5, 5.41) is 7.11. The molecule has 7 heteroatoms. The summed E-state index contributed by atoms with van der Waals surface area (Å²) in [7, 11) is 3.90. The molecular formula is C18H27N5O2. The Hall–Kier alpha value is -2.41. The van der Waals surface area contributed by atoms with E-state index in [9.17, 15) is 9.59 Å². The van der Waals surface area contributed by atoms with Gasteiger partial charge in [-0.05, 0) is 39.9 Å². The zero-order chi connectivity index (χ0) is 18.4. The lowest BCUT2D eigenvalue weighted by Crippen LogP contribution is -2.42. The number of aromatic nitrogens is 3. The SMILES string of the molecule is Cc1nn(CC(=O)N[C@H](C)CN(C)C)c(=O)n1CCc1ccccc1. The van der Waals surface area contributed by atoms with E-state index in [1.807, 2.05) is 56.3 Å². The highest BCUT2D eigenvalue weighted by Gasteiger charge is 2.14. The summed E-state index contributed by atoms with van der Waals surface area (Å²) in [4.78, 5) is 26.6. The van der Waals surface area contributed by atoms with Crippen molar-refractivity contribution in [2.24, 2.45) is 0 Å². The second-order valence-electron chi connectivity index (χ2n) is 6.61.